The molecular formula is C9H14BrF3N4O. The Morgan fingerprint density at radius 2 is 2.17 bits per heavy atom. The minimum absolute atomic E-state index is 0.104. The van der Waals surface area contributed by atoms with Gasteiger partial charge < -0.3 is 10.1 Å². The van der Waals surface area contributed by atoms with Gasteiger partial charge in [-0.25, -0.2) is 4.68 Å². The van der Waals surface area contributed by atoms with Gasteiger partial charge in [-0.05, 0) is 22.5 Å². The molecule has 1 unspecified atom stereocenters. The summed E-state index contributed by atoms with van der Waals surface area (Å²) >= 11 is 3.21. The van der Waals surface area contributed by atoms with Crippen molar-refractivity contribution in [3.8, 4) is 0 Å². The van der Waals surface area contributed by atoms with Crippen LogP contribution >= 0.6 is 15.9 Å². The van der Waals surface area contributed by atoms with Gasteiger partial charge in [-0.1, -0.05) is 12.1 Å². The number of alkyl halides is 3. The minimum atomic E-state index is -4.32. The van der Waals surface area contributed by atoms with Gasteiger partial charge in [0.15, 0.2) is 4.60 Å². The van der Waals surface area contributed by atoms with Crippen LogP contribution in [-0.4, -0.2) is 40.9 Å². The molecule has 104 valence electrons. The van der Waals surface area contributed by atoms with E-state index >= 15 is 0 Å². The van der Waals surface area contributed by atoms with Crippen LogP contribution in [0.3, 0.4) is 0 Å². The summed E-state index contributed by atoms with van der Waals surface area (Å²) < 4.78 is 42.7. The molecule has 5 nitrogen and oxygen atoms in total. The Kier molecular flexibility index (Phi) is 5.54. The summed E-state index contributed by atoms with van der Waals surface area (Å²) in [7, 11) is 1.67. The van der Waals surface area contributed by atoms with Gasteiger partial charge in [0.05, 0.1) is 18.3 Å². The van der Waals surface area contributed by atoms with Crippen LogP contribution in [0.25, 0.3) is 0 Å². The zero-order valence-electron chi connectivity index (χ0n) is 9.96. The molecule has 1 heterocycles. The van der Waals surface area contributed by atoms with Crippen LogP contribution in [0, 0.1) is 0 Å². The molecule has 0 amide bonds. The molecular weight excluding hydrogens is 317 g/mol. The van der Waals surface area contributed by atoms with E-state index in [1.54, 1.807) is 7.05 Å². The number of nitrogens with one attached hydrogen (secondary N) is 1. The Hall–Kier alpha value is -0.670. The number of aromatic nitrogens is 3. The first kappa shape index (κ1) is 15.4. The van der Waals surface area contributed by atoms with Crippen LogP contribution in [0.4, 0.5) is 13.2 Å². The third kappa shape index (κ3) is 4.54. The number of rotatable bonds is 6. The smallest absolute Gasteiger partial charge is 0.370 e. The molecule has 0 aromatic carbocycles. The van der Waals surface area contributed by atoms with E-state index in [0.29, 0.717) is 16.8 Å². The van der Waals surface area contributed by atoms with E-state index in [4.69, 9.17) is 0 Å². The summed E-state index contributed by atoms with van der Waals surface area (Å²) in [6.45, 7) is 1.08. The van der Waals surface area contributed by atoms with Crippen molar-refractivity contribution < 1.29 is 17.9 Å². The lowest BCUT2D eigenvalue weighted by Crippen LogP contribution is -2.29. The van der Waals surface area contributed by atoms with Crippen molar-refractivity contribution in [2.75, 3.05) is 19.8 Å². The van der Waals surface area contributed by atoms with Gasteiger partial charge in [-0.15, -0.1) is 5.10 Å². The van der Waals surface area contributed by atoms with Gasteiger partial charge in [0.2, 0.25) is 0 Å². The van der Waals surface area contributed by atoms with Crippen molar-refractivity contribution >= 4 is 15.9 Å². The molecule has 0 radical (unpaired) electrons. The van der Waals surface area contributed by atoms with E-state index in [0.717, 1.165) is 0 Å². The van der Waals surface area contributed by atoms with E-state index in [1.807, 2.05) is 6.92 Å². The molecule has 0 saturated heterocycles. The molecule has 1 N–H and O–H groups in total. The SMILES string of the molecule is CCNC(COCC(F)(F)F)c1c(Br)nnn1C. The maximum atomic E-state index is 12.0. The highest BCUT2D eigenvalue weighted by molar-refractivity contribution is 9.10. The lowest BCUT2D eigenvalue weighted by atomic mass is 10.2. The molecule has 9 heteroatoms. The average molecular weight is 331 g/mol. The van der Waals surface area contributed by atoms with E-state index in [1.165, 1.54) is 4.68 Å². The van der Waals surface area contributed by atoms with Crippen LogP contribution in [0.2, 0.25) is 0 Å². The third-order valence-corrected chi connectivity index (χ3v) is 2.72. The molecule has 0 bridgehead atoms. The van der Waals surface area contributed by atoms with Gasteiger partial charge in [0.1, 0.15) is 6.61 Å². The standard InChI is InChI=1S/C9H14BrF3N4O/c1-3-14-6(4-18-5-9(11,12)13)7-8(10)15-16-17(7)2/h6,14H,3-5H2,1-2H3. The van der Waals surface area contributed by atoms with Gasteiger partial charge in [-0.2, -0.15) is 13.2 Å². The second-order valence-corrected chi connectivity index (χ2v) is 4.38. The zero-order chi connectivity index (χ0) is 13.8. The summed E-state index contributed by atoms with van der Waals surface area (Å²) in [6.07, 6.45) is -4.32. The summed E-state index contributed by atoms with van der Waals surface area (Å²) in [5.41, 5.74) is 0.652. The minimum Gasteiger partial charge on any atom is -0.370 e. The van der Waals surface area contributed by atoms with E-state index in [9.17, 15) is 13.2 Å². The van der Waals surface area contributed by atoms with Crippen LogP contribution in [0.5, 0.6) is 0 Å². The van der Waals surface area contributed by atoms with Crippen molar-refractivity contribution in [1.82, 2.24) is 20.3 Å². The first-order chi connectivity index (χ1) is 8.35. The number of hydrogen-bond acceptors (Lipinski definition) is 4. The lowest BCUT2D eigenvalue weighted by Gasteiger charge is -2.18. The van der Waals surface area contributed by atoms with Crippen LogP contribution < -0.4 is 5.32 Å². The van der Waals surface area contributed by atoms with E-state index in [2.05, 4.69) is 36.3 Å². The molecule has 1 rings (SSSR count). The van der Waals surface area contributed by atoms with Gasteiger partial charge >= 0.3 is 6.18 Å². The molecule has 1 atom stereocenters. The van der Waals surface area contributed by atoms with Crippen LogP contribution in [-0.2, 0) is 11.8 Å². The Morgan fingerprint density at radius 1 is 1.50 bits per heavy atom. The molecule has 0 aliphatic heterocycles. The summed E-state index contributed by atoms with van der Waals surface area (Å²) in [5, 5.41) is 10.6. The highest BCUT2D eigenvalue weighted by Crippen LogP contribution is 2.22. The van der Waals surface area contributed by atoms with Crippen LogP contribution in [0.15, 0.2) is 4.60 Å². The third-order valence-electron chi connectivity index (χ3n) is 2.16. The second kappa shape index (κ2) is 6.48. The van der Waals surface area contributed by atoms with E-state index < -0.39 is 18.8 Å². The molecule has 0 saturated carbocycles. The number of halogens is 4. The van der Waals surface area contributed by atoms with Crippen molar-refractivity contribution in [2.45, 2.75) is 19.1 Å². The molecule has 0 spiro atoms. The number of hydrogen-bond donors (Lipinski definition) is 1. The maximum Gasteiger partial charge on any atom is 0.411 e. The van der Waals surface area contributed by atoms with Gasteiger partial charge in [0.25, 0.3) is 0 Å². The van der Waals surface area contributed by atoms with Crippen molar-refractivity contribution in [3.05, 3.63) is 10.3 Å². The quantitative estimate of drug-likeness (QED) is 0.864. The molecule has 0 aliphatic carbocycles. The Morgan fingerprint density at radius 3 is 2.61 bits per heavy atom. The van der Waals surface area contributed by atoms with Crippen LogP contribution in [0.1, 0.15) is 18.7 Å². The first-order valence-corrected chi connectivity index (χ1v) is 6.07. The number of aryl methyl sites for hydroxylation is 1. The highest BCUT2D eigenvalue weighted by Gasteiger charge is 2.29. The molecule has 18 heavy (non-hydrogen) atoms. The van der Waals surface area contributed by atoms with Crippen molar-refractivity contribution in [2.24, 2.45) is 7.05 Å². The Labute approximate surface area is 111 Å². The lowest BCUT2D eigenvalue weighted by molar-refractivity contribution is -0.175. The second-order valence-electron chi connectivity index (χ2n) is 3.63. The number of ether oxygens (including phenoxy) is 1. The fourth-order valence-corrected chi connectivity index (χ4v) is 2.09. The Bertz CT molecular complexity index is 363. The van der Waals surface area contributed by atoms with Crippen molar-refractivity contribution in [1.29, 1.82) is 0 Å². The summed E-state index contributed by atoms with van der Waals surface area (Å²) in [4.78, 5) is 0. The predicted octanol–water partition coefficient (Wildman–Crippen LogP) is 1.81. The van der Waals surface area contributed by atoms with Gasteiger partial charge in [-0.3, -0.25) is 0 Å². The molecule has 1 aromatic rings. The average Bonchev–Trinajstić information content (AvgIpc) is 2.56. The van der Waals surface area contributed by atoms with Crippen molar-refractivity contribution in [3.63, 3.8) is 0 Å². The predicted molar refractivity (Wildman–Crippen MR) is 62.0 cm³/mol. The number of nitrogens with zero attached hydrogens (tertiary/aromatic N) is 3. The molecule has 0 fully saturated rings. The first-order valence-electron chi connectivity index (χ1n) is 5.28. The molecule has 0 aliphatic rings. The fourth-order valence-electron chi connectivity index (χ4n) is 1.48. The normalized spacial score (nSPS) is 13.9. The Balaban J connectivity index is 2.66. The summed E-state index contributed by atoms with van der Waals surface area (Å²) in [5.74, 6) is 0. The monoisotopic (exact) mass is 330 g/mol. The topological polar surface area (TPSA) is 52.0 Å². The van der Waals surface area contributed by atoms with E-state index in [-0.39, 0.29) is 6.61 Å². The zero-order valence-corrected chi connectivity index (χ0v) is 11.5. The van der Waals surface area contributed by atoms with Gasteiger partial charge in [0, 0.05) is 7.05 Å². The summed E-state index contributed by atoms with van der Waals surface area (Å²) in [6, 6.07) is -0.397. The largest absolute Gasteiger partial charge is 0.411 e. The fraction of sp³-hybridized carbons (Fsp3) is 0.778. The number of likely N-dealkylation sites (N-methyl/N-ethyl adjacent to an activating group) is 1. The maximum absolute atomic E-state index is 12.0. The molecule has 1 aromatic heterocycles. The highest BCUT2D eigenvalue weighted by atomic mass is 79.9.